The molecule has 1 aliphatic heterocycles. The summed E-state index contributed by atoms with van der Waals surface area (Å²) in [5.74, 6) is -0.0147. The van der Waals surface area contributed by atoms with E-state index in [-0.39, 0.29) is 12.4 Å². The van der Waals surface area contributed by atoms with Gasteiger partial charge in [0.25, 0.3) is 0 Å². The lowest BCUT2D eigenvalue weighted by atomic mass is 10.1. The fourth-order valence-corrected chi connectivity index (χ4v) is 2.12. The minimum absolute atomic E-state index is 0.0147. The van der Waals surface area contributed by atoms with Gasteiger partial charge < -0.3 is 24.8 Å². The third kappa shape index (κ3) is 3.85. The van der Waals surface area contributed by atoms with Gasteiger partial charge in [-0.05, 0) is 12.5 Å². The van der Waals surface area contributed by atoms with Crippen LogP contribution in [0.5, 0.6) is 0 Å². The molecule has 1 fully saturated rings. The first-order chi connectivity index (χ1) is 11.0. The molecule has 1 aromatic heterocycles. The molecule has 1 aromatic rings. The quantitative estimate of drug-likeness (QED) is 0.528. The van der Waals surface area contributed by atoms with Crippen LogP contribution in [0, 0.1) is 0 Å². The monoisotopic (exact) mass is 329 g/mol. The van der Waals surface area contributed by atoms with Crippen LogP contribution in [-0.4, -0.2) is 62.5 Å². The fourth-order valence-electron chi connectivity index (χ4n) is 2.12. The van der Waals surface area contributed by atoms with Crippen LogP contribution in [0.1, 0.15) is 19.6 Å². The minimum Gasteiger partial charge on any atom is -0.449 e. The van der Waals surface area contributed by atoms with Crippen LogP contribution in [0.25, 0.3) is 0 Å². The van der Waals surface area contributed by atoms with E-state index in [4.69, 9.17) is 14.6 Å². The van der Waals surface area contributed by atoms with Gasteiger partial charge in [0.15, 0.2) is 6.23 Å². The number of hydrogen-bond acceptors (Lipinski definition) is 8. The maximum atomic E-state index is 12.0. The number of rotatable bonds is 5. The van der Waals surface area contributed by atoms with Crippen molar-refractivity contribution in [3.05, 3.63) is 22.7 Å². The molecule has 128 valence electrons. The van der Waals surface area contributed by atoms with Crippen molar-refractivity contribution in [3.63, 3.8) is 0 Å². The molecule has 4 N–H and O–H groups in total. The summed E-state index contributed by atoms with van der Waals surface area (Å²) in [6.07, 6.45) is -3.70. The highest BCUT2D eigenvalue weighted by atomic mass is 16.6. The Morgan fingerprint density at radius 1 is 1.48 bits per heavy atom. The molecule has 23 heavy (non-hydrogen) atoms. The van der Waals surface area contributed by atoms with Crippen molar-refractivity contribution >= 4 is 11.9 Å². The van der Waals surface area contributed by atoms with E-state index in [1.807, 2.05) is 6.92 Å². The number of ether oxygens (including phenoxy) is 2. The third-order valence-electron chi connectivity index (χ3n) is 3.29. The summed E-state index contributed by atoms with van der Waals surface area (Å²) < 4.78 is 11.0. The lowest BCUT2D eigenvalue weighted by molar-refractivity contribution is -0.0549. The summed E-state index contributed by atoms with van der Waals surface area (Å²) in [4.78, 5) is 27.0. The summed E-state index contributed by atoms with van der Waals surface area (Å²) >= 11 is 0. The highest BCUT2D eigenvalue weighted by molar-refractivity contribution is 5.83. The number of anilines is 1. The number of nitrogens with zero attached hydrogens (tertiary/aromatic N) is 2. The van der Waals surface area contributed by atoms with Crippen molar-refractivity contribution in [1.29, 1.82) is 0 Å². The smallest absolute Gasteiger partial charge is 0.412 e. The molecular weight excluding hydrogens is 310 g/mol. The first-order valence-electron chi connectivity index (χ1n) is 7.13. The molecule has 2 heterocycles. The Labute approximate surface area is 131 Å². The van der Waals surface area contributed by atoms with Crippen LogP contribution in [0.3, 0.4) is 0 Å². The second kappa shape index (κ2) is 7.51. The van der Waals surface area contributed by atoms with Gasteiger partial charge in [0.1, 0.15) is 24.1 Å². The molecule has 0 aliphatic carbocycles. The van der Waals surface area contributed by atoms with E-state index in [0.29, 0.717) is 6.42 Å². The molecule has 1 saturated heterocycles. The predicted octanol–water partition coefficient (Wildman–Crippen LogP) is -1.19. The molecule has 4 atom stereocenters. The topological polar surface area (TPSA) is 143 Å². The van der Waals surface area contributed by atoms with Gasteiger partial charge in [0.2, 0.25) is 0 Å². The average molecular weight is 329 g/mol. The molecule has 1 aliphatic rings. The van der Waals surface area contributed by atoms with Gasteiger partial charge in [-0.25, -0.2) is 9.59 Å². The molecule has 0 bridgehead atoms. The Hall–Kier alpha value is -2.01. The Morgan fingerprint density at radius 3 is 2.78 bits per heavy atom. The van der Waals surface area contributed by atoms with Crippen molar-refractivity contribution in [2.75, 3.05) is 18.5 Å². The number of amides is 1. The molecule has 1 amide bonds. The maximum Gasteiger partial charge on any atom is 0.412 e. The number of hydrogen-bond donors (Lipinski definition) is 4. The fraction of sp³-hybridized carbons (Fsp3) is 0.615. The number of carbonyl (C=O) groups is 1. The Kier molecular flexibility index (Phi) is 5.66. The second-order valence-electron chi connectivity index (χ2n) is 4.99. The number of aliphatic hydroxyl groups is 3. The van der Waals surface area contributed by atoms with Gasteiger partial charge in [-0.2, -0.15) is 4.98 Å². The molecule has 0 radical (unpaired) electrons. The zero-order valence-electron chi connectivity index (χ0n) is 12.5. The molecule has 10 heteroatoms. The van der Waals surface area contributed by atoms with Crippen molar-refractivity contribution in [2.24, 2.45) is 0 Å². The zero-order valence-corrected chi connectivity index (χ0v) is 12.5. The van der Waals surface area contributed by atoms with Crippen LogP contribution < -0.4 is 11.0 Å². The van der Waals surface area contributed by atoms with Crippen molar-refractivity contribution in [1.82, 2.24) is 9.55 Å². The van der Waals surface area contributed by atoms with E-state index in [2.05, 4.69) is 10.3 Å². The van der Waals surface area contributed by atoms with Gasteiger partial charge in [-0.15, -0.1) is 0 Å². The SMILES string of the molecule is CCCOC(=O)Nc1ccn([C@@H]2O[C@H](CO)[C@@H](O)[C@@H]2O)c(=O)n1. The highest BCUT2D eigenvalue weighted by Crippen LogP contribution is 2.28. The first kappa shape index (κ1) is 17.3. The van der Waals surface area contributed by atoms with E-state index in [1.165, 1.54) is 12.3 Å². The zero-order chi connectivity index (χ0) is 17.0. The standard InChI is InChI=1S/C13H19N3O7/c1-2-5-22-13(21)15-8-3-4-16(12(20)14-8)11-10(19)9(18)7(6-17)23-11/h3-4,7,9-11,17-19H,2,5-6H2,1H3,(H,14,15,20,21)/t7-,9-,10+,11-/m1/s1. The highest BCUT2D eigenvalue weighted by Gasteiger charge is 2.43. The van der Waals surface area contributed by atoms with Crippen LogP contribution in [0.4, 0.5) is 10.6 Å². The van der Waals surface area contributed by atoms with Crippen LogP contribution in [0.15, 0.2) is 17.1 Å². The summed E-state index contributed by atoms with van der Waals surface area (Å²) in [6.45, 7) is 1.58. The number of aromatic nitrogens is 2. The normalized spacial score (nSPS) is 27.0. The Balaban J connectivity index is 2.11. The van der Waals surface area contributed by atoms with Crippen LogP contribution in [0.2, 0.25) is 0 Å². The van der Waals surface area contributed by atoms with Crippen LogP contribution >= 0.6 is 0 Å². The van der Waals surface area contributed by atoms with E-state index >= 15 is 0 Å². The average Bonchev–Trinajstić information content (AvgIpc) is 2.81. The summed E-state index contributed by atoms with van der Waals surface area (Å²) in [5.41, 5.74) is -0.798. The summed E-state index contributed by atoms with van der Waals surface area (Å²) in [7, 11) is 0. The number of carbonyl (C=O) groups excluding carboxylic acids is 1. The van der Waals surface area contributed by atoms with Gasteiger partial charge in [0.05, 0.1) is 13.2 Å². The number of nitrogens with one attached hydrogen (secondary N) is 1. The molecule has 10 nitrogen and oxygen atoms in total. The van der Waals surface area contributed by atoms with E-state index in [9.17, 15) is 19.8 Å². The van der Waals surface area contributed by atoms with Crippen molar-refractivity contribution in [3.8, 4) is 0 Å². The van der Waals surface area contributed by atoms with E-state index < -0.39 is 42.9 Å². The van der Waals surface area contributed by atoms with Crippen LogP contribution in [-0.2, 0) is 9.47 Å². The molecule has 0 spiro atoms. The maximum absolute atomic E-state index is 12.0. The van der Waals surface area contributed by atoms with Gasteiger partial charge in [-0.3, -0.25) is 9.88 Å². The van der Waals surface area contributed by atoms with E-state index in [0.717, 1.165) is 4.57 Å². The Bertz CT molecular complexity index is 605. The molecule has 2 rings (SSSR count). The minimum atomic E-state index is -1.39. The molecule has 0 saturated carbocycles. The van der Waals surface area contributed by atoms with Crippen molar-refractivity contribution < 1.29 is 29.6 Å². The predicted molar refractivity (Wildman–Crippen MR) is 76.8 cm³/mol. The lowest BCUT2D eigenvalue weighted by Crippen LogP contribution is -2.36. The third-order valence-corrected chi connectivity index (χ3v) is 3.29. The second-order valence-corrected chi connectivity index (χ2v) is 4.99. The van der Waals surface area contributed by atoms with Crippen molar-refractivity contribution in [2.45, 2.75) is 37.9 Å². The van der Waals surface area contributed by atoms with E-state index in [1.54, 1.807) is 0 Å². The molecule has 0 aromatic carbocycles. The molecular formula is C13H19N3O7. The van der Waals surface area contributed by atoms with Gasteiger partial charge in [0, 0.05) is 6.20 Å². The number of aliphatic hydroxyl groups excluding tert-OH is 3. The Morgan fingerprint density at radius 2 is 2.22 bits per heavy atom. The lowest BCUT2D eigenvalue weighted by Gasteiger charge is -2.17. The van der Waals surface area contributed by atoms with Gasteiger partial charge in [-0.1, -0.05) is 6.92 Å². The summed E-state index contributed by atoms with van der Waals surface area (Å²) in [5, 5.41) is 30.9. The largest absolute Gasteiger partial charge is 0.449 e. The van der Waals surface area contributed by atoms with Gasteiger partial charge >= 0.3 is 11.8 Å². The first-order valence-corrected chi connectivity index (χ1v) is 7.13. The molecule has 0 unspecified atom stereocenters. The summed E-state index contributed by atoms with van der Waals surface area (Å²) in [6, 6.07) is 1.32.